The van der Waals surface area contributed by atoms with Crippen LogP contribution in [0.1, 0.15) is 19.3 Å². The summed E-state index contributed by atoms with van der Waals surface area (Å²) in [4.78, 5) is 25.7. The Hall–Kier alpha value is -1.54. The van der Waals surface area contributed by atoms with Crippen molar-refractivity contribution in [2.24, 2.45) is 5.73 Å². The van der Waals surface area contributed by atoms with Gasteiger partial charge in [0.1, 0.15) is 0 Å². The summed E-state index contributed by atoms with van der Waals surface area (Å²) in [6.07, 6.45) is 2.23. The van der Waals surface area contributed by atoms with E-state index in [1.165, 1.54) is 0 Å². The highest BCUT2D eigenvalue weighted by molar-refractivity contribution is 5.92. The summed E-state index contributed by atoms with van der Waals surface area (Å²) >= 11 is 0. The van der Waals surface area contributed by atoms with Crippen LogP contribution in [0, 0.1) is 0 Å². The van der Waals surface area contributed by atoms with Gasteiger partial charge < -0.3 is 26.6 Å². The third-order valence-corrected chi connectivity index (χ3v) is 3.85. The Bertz CT molecular complexity index is 534. The zero-order chi connectivity index (χ0) is 16.7. The molecule has 1 aromatic carbocycles. The highest BCUT2D eigenvalue weighted by atomic mass is 35.5. The van der Waals surface area contributed by atoms with Gasteiger partial charge in [-0.05, 0) is 57.2 Å². The Kier molecular flexibility index (Phi) is 11.2. The number of benzene rings is 1. The zero-order valence-corrected chi connectivity index (χ0v) is 15.9. The molecule has 25 heavy (non-hydrogen) atoms. The van der Waals surface area contributed by atoms with E-state index in [1.807, 2.05) is 0 Å². The van der Waals surface area contributed by atoms with Gasteiger partial charge in [0.25, 0.3) is 0 Å². The van der Waals surface area contributed by atoms with Gasteiger partial charge >= 0.3 is 6.03 Å². The van der Waals surface area contributed by atoms with Gasteiger partial charge in [-0.3, -0.25) is 4.79 Å². The van der Waals surface area contributed by atoms with Crippen LogP contribution in [0.5, 0.6) is 0 Å². The first-order chi connectivity index (χ1) is 11.1. The van der Waals surface area contributed by atoms with Crippen molar-refractivity contribution < 1.29 is 9.59 Å². The molecule has 9 heteroatoms. The van der Waals surface area contributed by atoms with Crippen LogP contribution in [-0.2, 0) is 4.79 Å². The van der Waals surface area contributed by atoms with E-state index in [9.17, 15) is 9.59 Å². The fraction of sp³-hybridized carbons (Fsp3) is 0.500. The fourth-order valence-corrected chi connectivity index (χ4v) is 2.50. The molecule has 1 aliphatic rings. The van der Waals surface area contributed by atoms with Crippen LogP contribution in [0.3, 0.4) is 0 Å². The Labute approximate surface area is 160 Å². The summed E-state index contributed by atoms with van der Waals surface area (Å²) in [6, 6.07) is 7.04. The quantitative estimate of drug-likeness (QED) is 0.616. The van der Waals surface area contributed by atoms with Crippen molar-refractivity contribution >= 4 is 48.1 Å². The number of carbonyl (C=O) groups excluding carboxylic acids is 2. The van der Waals surface area contributed by atoms with E-state index in [-0.39, 0.29) is 42.8 Å². The van der Waals surface area contributed by atoms with Gasteiger partial charge in [-0.25, -0.2) is 4.79 Å². The summed E-state index contributed by atoms with van der Waals surface area (Å²) < 4.78 is 0. The number of hydrogen-bond donors (Lipinski definition) is 4. The molecule has 7 nitrogen and oxygen atoms in total. The molecule has 3 amide bonds. The summed E-state index contributed by atoms with van der Waals surface area (Å²) in [6.45, 7) is 2.33. The molecule has 5 N–H and O–H groups in total. The number of piperidine rings is 1. The van der Waals surface area contributed by atoms with Crippen molar-refractivity contribution in [1.82, 2.24) is 10.2 Å². The molecule has 1 aromatic rings. The number of amides is 3. The van der Waals surface area contributed by atoms with Crippen molar-refractivity contribution in [3.8, 4) is 0 Å². The van der Waals surface area contributed by atoms with Gasteiger partial charge in [-0.2, -0.15) is 0 Å². The topological polar surface area (TPSA) is 99.5 Å². The fourth-order valence-electron chi connectivity index (χ4n) is 2.50. The van der Waals surface area contributed by atoms with Crippen LogP contribution in [0.4, 0.5) is 16.2 Å². The molecule has 0 aromatic heterocycles. The number of hydrogen-bond acceptors (Lipinski definition) is 4. The third-order valence-electron chi connectivity index (χ3n) is 3.85. The van der Waals surface area contributed by atoms with Crippen molar-refractivity contribution in [2.75, 3.05) is 37.3 Å². The number of nitrogens with one attached hydrogen (secondary N) is 3. The third kappa shape index (κ3) is 8.40. The van der Waals surface area contributed by atoms with Crippen LogP contribution in [-0.4, -0.2) is 49.6 Å². The highest BCUT2D eigenvalue weighted by Gasteiger charge is 2.18. The van der Waals surface area contributed by atoms with Gasteiger partial charge in [-0.15, -0.1) is 24.8 Å². The Morgan fingerprint density at radius 2 is 1.60 bits per heavy atom. The number of halogens is 2. The molecule has 0 bridgehead atoms. The van der Waals surface area contributed by atoms with Gasteiger partial charge in [0.2, 0.25) is 5.91 Å². The maximum Gasteiger partial charge on any atom is 0.319 e. The highest BCUT2D eigenvalue weighted by Crippen LogP contribution is 2.14. The SMILES string of the molecule is CN1CCC(NC(=O)Nc2ccc(NC(=O)CCN)cc2)CC1.Cl.Cl. The van der Waals surface area contributed by atoms with E-state index in [1.54, 1.807) is 24.3 Å². The predicted molar refractivity (Wildman–Crippen MR) is 106 cm³/mol. The number of nitrogens with two attached hydrogens (primary N) is 1. The monoisotopic (exact) mass is 391 g/mol. The first-order valence-electron chi connectivity index (χ1n) is 7.93. The second-order valence-electron chi connectivity index (χ2n) is 5.84. The first-order valence-corrected chi connectivity index (χ1v) is 7.93. The summed E-state index contributed by atoms with van der Waals surface area (Å²) in [5.74, 6) is -0.117. The molecule has 1 fully saturated rings. The molecule has 1 heterocycles. The molecule has 1 aliphatic heterocycles. The second kappa shape index (κ2) is 11.9. The lowest BCUT2D eigenvalue weighted by atomic mass is 10.1. The lowest BCUT2D eigenvalue weighted by molar-refractivity contribution is -0.116. The van der Waals surface area contributed by atoms with E-state index < -0.39 is 0 Å². The standard InChI is InChI=1S/C16H25N5O2.2ClH/c1-21-10-7-14(8-11-21)20-16(23)19-13-4-2-12(3-5-13)18-15(22)6-9-17;;/h2-5,14H,6-11,17H2,1H3,(H,18,22)(H2,19,20,23);2*1H. The number of anilines is 2. The minimum absolute atomic E-state index is 0. The zero-order valence-electron chi connectivity index (χ0n) is 14.3. The van der Waals surface area contributed by atoms with Crippen molar-refractivity contribution in [1.29, 1.82) is 0 Å². The lowest BCUT2D eigenvalue weighted by Crippen LogP contribution is -2.44. The van der Waals surface area contributed by atoms with Gasteiger partial charge in [-0.1, -0.05) is 0 Å². The summed E-state index contributed by atoms with van der Waals surface area (Å²) in [5, 5.41) is 8.54. The number of carbonyl (C=O) groups is 2. The Morgan fingerprint density at radius 1 is 1.08 bits per heavy atom. The normalized spacial score (nSPS) is 14.6. The molecule has 1 saturated heterocycles. The molecular formula is C16H27Cl2N5O2. The van der Waals surface area contributed by atoms with Crippen LogP contribution in [0.15, 0.2) is 24.3 Å². The summed E-state index contributed by atoms with van der Waals surface area (Å²) in [7, 11) is 2.09. The van der Waals surface area contributed by atoms with E-state index in [0.717, 1.165) is 25.9 Å². The average Bonchev–Trinajstić information content (AvgIpc) is 2.52. The Morgan fingerprint density at radius 3 is 2.12 bits per heavy atom. The van der Waals surface area contributed by atoms with Crippen molar-refractivity contribution in [3.05, 3.63) is 24.3 Å². The average molecular weight is 392 g/mol. The molecule has 0 saturated carbocycles. The number of rotatable bonds is 5. The molecule has 0 unspecified atom stereocenters. The molecular weight excluding hydrogens is 365 g/mol. The number of nitrogens with zero attached hydrogens (tertiary/aromatic N) is 1. The lowest BCUT2D eigenvalue weighted by Gasteiger charge is -2.29. The van der Waals surface area contributed by atoms with Crippen LogP contribution in [0.2, 0.25) is 0 Å². The van der Waals surface area contributed by atoms with Crippen LogP contribution >= 0.6 is 24.8 Å². The maximum absolute atomic E-state index is 12.0. The van der Waals surface area contributed by atoms with Crippen molar-refractivity contribution in [2.45, 2.75) is 25.3 Å². The predicted octanol–water partition coefficient (Wildman–Crippen LogP) is 2.03. The molecule has 0 atom stereocenters. The molecule has 0 spiro atoms. The Balaban J connectivity index is 0.00000288. The van der Waals surface area contributed by atoms with Crippen molar-refractivity contribution in [3.63, 3.8) is 0 Å². The second-order valence-corrected chi connectivity index (χ2v) is 5.84. The smallest absolute Gasteiger partial charge is 0.319 e. The number of urea groups is 1. The molecule has 0 radical (unpaired) electrons. The van der Waals surface area contributed by atoms with Gasteiger partial charge in [0.15, 0.2) is 0 Å². The largest absolute Gasteiger partial charge is 0.335 e. The minimum Gasteiger partial charge on any atom is -0.335 e. The van der Waals surface area contributed by atoms with Gasteiger partial charge in [0.05, 0.1) is 0 Å². The van der Waals surface area contributed by atoms with E-state index >= 15 is 0 Å². The maximum atomic E-state index is 12.0. The summed E-state index contributed by atoms with van der Waals surface area (Å²) in [5.41, 5.74) is 6.70. The van der Waals surface area contributed by atoms with Crippen LogP contribution in [0.25, 0.3) is 0 Å². The first kappa shape index (κ1) is 23.5. The molecule has 2 rings (SSSR count). The van der Waals surface area contributed by atoms with Crippen LogP contribution < -0.4 is 21.7 Å². The van der Waals surface area contributed by atoms with E-state index in [0.29, 0.717) is 24.3 Å². The van der Waals surface area contributed by atoms with Gasteiger partial charge in [0, 0.05) is 30.4 Å². The van der Waals surface area contributed by atoms with E-state index in [2.05, 4.69) is 27.9 Å². The van der Waals surface area contributed by atoms with E-state index in [4.69, 9.17) is 5.73 Å². The number of likely N-dealkylation sites (tertiary alicyclic amines) is 1. The molecule has 0 aliphatic carbocycles. The minimum atomic E-state index is -0.195. The molecule has 142 valence electrons.